The SMILES string of the molecule is CCS(=O)(=O)CCCn1cccc(C(=O)O)c1=O. The molecule has 0 radical (unpaired) electrons. The Labute approximate surface area is 105 Å². The van der Waals surface area contributed by atoms with Crippen molar-refractivity contribution in [1.29, 1.82) is 0 Å². The number of hydrogen-bond donors (Lipinski definition) is 1. The van der Waals surface area contributed by atoms with E-state index in [1.807, 2.05) is 0 Å². The number of aryl methyl sites for hydroxylation is 1. The van der Waals surface area contributed by atoms with Gasteiger partial charge in [0.05, 0.1) is 5.75 Å². The second-order valence-corrected chi connectivity index (χ2v) is 6.29. The van der Waals surface area contributed by atoms with Crippen molar-refractivity contribution < 1.29 is 18.3 Å². The summed E-state index contributed by atoms with van der Waals surface area (Å²) in [7, 11) is -3.06. The maximum Gasteiger partial charge on any atom is 0.341 e. The van der Waals surface area contributed by atoms with E-state index in [1.165, 1.54) is 22.9 Å². The fourth-order valence-electron chi connectivity index (χ4n) is 1.47. The van der Waals surface area contributed by atoms with Crippen LogP contribution in [0.15, 0.2) is 23.1 Å². The van der Waals surface area contributed by atoms with E-state index in [4.69, 9.17) is 5.11 Å². The summed E-state index contributed by atoms with van der Waals surface area (Å²) in [5, 5.41) is 8.77. The quantitative estimate of drug-likeness (QED) is 0.808. The molecule has 0 aliphatic heterocycles. The number of nitrogens with zero attached hydrogens (tertiary/aromatic N) is 1. The molecule has 1 N–H and O–H groups in total. The Bertz CT molecular complexity index is 588. The smallest absolute Gasteiger partial charge is 0.341 e. The molecule has 0 aromatic carbocycles. The molecular formula is C11H15NO5S. The van der Waals surface area contributed by atoms with Crippen molar-refractivity contribution in [2.45, 2.75) is 19.9 Å². The van der Waals surface area contributed by atoms with E-state index in [9.17, 15) is 18.0 Å². The minimum atomic E-state index is -3.06. The fourth-order valence-corrected chi connectivity index (χ4v) is 2.33. The van der Waals surface area contributed by atoms with Crippen LogP contribution in [-0.4, -0.2) is 35.6 Å². The van der Waals surface area contributed by atoms with E-state index < -0.39 is 21.4 Å². The first kappa shape index (κ1) is 14.4. The summed E-state index contributed by atoms with van der Waals surface area (Å²) in [5.41, 5.74) is -0.922. The van der Waals surface area contributed by atoms with Crippen molar-refractivity contribution in [1.82, 2.24) is 4.57 Å². The number of aromatic carboxylic acids is 1. The second kappa shape index (κ2) is 5.81. The van der Waals surface area contributed by atoms with Gasteiger partial charge in [-0.3, -0.25) is 4.79 Å². The van der Waals surface area contributed by atoms with Crippen LogP contribution in [0.25, 0.3) is 0 Å². The first-order valence-electron chi connectivity index (χ1n) is 5.50. The van der Waals surface area contributed by atoms with Crippen LogP contribution < -0.4 is 5.56 Å². The molecular weight excluding hydrogens is 258 g/mol. The molecule has 1 aromatic heterocycles. The number of carboxylic acid groups (broad SMARTS) is 1. The maximum atomic E-state index is 11.7. The number of sulfone groups is 1. The van der Waals surface area contributed by atoms with E-state index in [2.05, 4.69) is 0 Å². The molecule has 18 heavy (non-hydrogen) atoms. The molecule has 0 bridgehead atoms. The lowest BCUT2D eigenvalue weighted by Gasteiger charge is -2.06. The summed E-state index contributed by atoms with van der Waals surface area (Å²) in [6.07, 6.45) is 1.74. The molecule has 0 saturated heterocycles. The number of pyridine rings is 1. The zero-order valence-corrected chi connectivity index (χ0v) is 10.8. The van der Waals surface area contributed by atoms with Crippen molar-refractivity contribution in [3.63, 3.8) is 0 Å². The van der Waals surface area contributed by atoms with Crippen LogP contribution in [0.4, 0.5) is 0 Å². The van der Waals surface area contributed by atoms with Crippen LogP contribution in [0.3, 0.4) is 0 Å². The van der Waals surface area contributed by atoms with Crippen molar-refractivity contribution in [3.8, 4) is 0 Å². The Morgan fingerprint density at radius 1 is 1.44 bits per heavy atom. The van der Waals surface area contributed by atoms with Gasteiger partial charge in [0.25, 0.3) is 5.56 Å². The maximum absolute atomic E-state index is 11.7. The largest absolute Gasteiger partial charge is 0.477 e. The van der Waals surface area contributed by atoms with Gasteiger partial charge in [0.1, 0.15) is 15.4 Å². The van der Waals surface area contributed by atoms with Crippen LogP contribution in [0, 0.1) is 0 Å². The van der Waals surface area contributed by atoms with Gasteiger partial charge >= 0.3 is 5.97 Å². The highest BCUT2D eigenvalue weighted by molar-refractivity contribution is 7.91. The van der Waals surface area contributed by atoms with E-state index in [0.717, 1.165) is 0 Å². The first-order valence-corrected chi connectivity index (χ1v) is 7.32. The highest BCUT2D eigenvalue weighted by Crippen LogP contribution is 1.97. The zero-order chi connectivity index (χ0) is 13.8. The predicted molar refractivity (Wildman–Crippen MR) is 66.6 cm³/mol. The van der Waals surface area contributed by atoms with Gasteiger partial charge < -0.3 is 9.67 Å². The Hall–Kier alpha value is -1.63. The molecule has 7 heteroatoms. The van der Waals surface area contributed by atoms with Gasteiger partial charge in [-0.2, -0.15) is 0 Å². The van der Waals surface area contributed by atoms with Gasteiger partial charge in [0, 0.05) is 18.5 Å². The molecule has 100 valence electrons. The highest BCUT2D eigenvalue weighted by Gasteiger charge is 2.11. The first-order chi connectivity index (χ1) is 8.37. The van der Waals surface area contributed by atoms with E-state index >= 15 is 0 Å². The predicted octanol–water partition coefficient (Wildman–Crippen LogP) is 0.371. The molecule has 0 unspecified atom stereocenters. The Morgan fingerprint density at radius 3 is 2.67 bits per heavy atom. The highest BCUT2D eigenvalue weighted by atomic mass is 32.2. The standard InChI is InChI=1S/C11H15NO5S/c1-2-18(16,17)8-4-7-12-6-3-5-9(10(12)13)11(14)15/h3,5-6H,2,4,7-8H2,1H3,(H,14,15). The van der Waals surface area contributed by atoms with Crippen LogP contribution >= 0.6 is 0 Å². The normalized spacial score (nSPS) is 11.4. The number of rotatable bonds is 6. The van der Waals surface area contributed by atoms with Gasteiger partial charge in [-0.05, 0) is 18.6 Å². The Kier molecular flexibility index (Phi) is 4.66. The van der Waals surface area contributed by atoms with Crippen molar-refractivity contribution in [2.24, 2.45) is 0 Å². The molecule has 0 amide bonds. The van der Waals surface area contributed by atoms with Gasteiger partial charge in [0.15, 0.2) is 0 Å². The van der Waals surface area contributed by atoms with Crippen molar-refractivity contribution >= 4 is 15.8 Å². The Morgan fingerprint density at radius 2 is 2.11 bits per heavy atom. The van der Waals surface area contributed by atoms with Crippen LogP contribution in [-0.2, 0) is 16.4 Å². The van der Waals surface area contributed by atoms with Gasteiger partial charge in [-0.25, -0.2) is 13.2 Å². The van der Waals surface area contributed by atoms with Gasteiger partial charge in [-0.15, -0.1) is 0 Å². The van der Waals surface area contributed by atoms with Crippen molar-refractivity contribution in [2.75, 3.05) is 11.5 Å². The Balaban J connectivity index is 2.78. The summed E-state index contributed by atoms with van der Waals surface area (Å²) < 4.78 is 23.8. The molecule has 1 heterocycles. The second-order valence-electron chi connectivity index (χ2n) is 3.82. The van der Waals surface area contributed by atoms with E-state index in [1.54, 1.807) is 6.92 Å². The van der Waals surface area contributed by atoms with Gasteiger partial charge in [0.2, 0.25) is 0 Å². The fraction of sp³-hybridized carbons (Fsp3) is 0.455. The molecule has 0 aliphatic rings. The molecule has 0 fully saturated rings. The molecule has 1 rings (SSSR count). The third-order valence-electron chi connectivity index (χ3n) is 2.54. The molecule has 1 aromatic rings. The van der Waals surface area contributed by atoms with E-state index in [-0.39, 0.29) is 23.6 Å². The van der Waals surface area contributed by atoms with Crippen LogP contribution in [0.1, 0.15) is 23.7 Å². The summed E-state index contributed by atoms with van der Waals surface area (Å²) in [5.74, 6) is -1.22. The molecule has 0 atom stereocenters. The summed E-state index contributed by atoms with van der Waals surface area (Å²) in [6.45, 7) is 1.76. The number of aromatic nitrogens is 1. The van der Waals surface area contributed by atoms with Crippen LogP contribution in [0.5, 0.6) is 0 Å². The third kappa shape index (κ3) is 3.69. The molecule has 0 aliphatic carbocycles. The monoisotopic (exact) mass is 273 g/mol. The van der Waals surface area contributed by atoms with Crippen LogP contribution in [0.2, 0.25) is 0 Å². The molecule has 0 spiro atoms. The molecule has 0 saturated carbocycles. The number of hydrogen-bond acceptors (Lipinski definition) is 4. The lowest BCUT2D eigenvalue weighted by Crippen LogP contribution is -2.26. The lowest BCUT2D eigenvalue weighted by molar-refractivity contribution is 0.0694. The summed E-state index contributed by atoms with van der Waals surface area (Å²) >= 11 is 0. The zero-order valence-electron chi connectivity index (χ0n) is 10.00. The minimum absolute atomic E-state index is 0.00671. The number of carboxylic acids is 1. The van der Waals surface area contributed by atoms with Crippen molar-refractivity contribution in [3.05, 3.63) is 34.2 Å². The van der Waals surface area contributed by atoms with Gasteiger partial charge in [-0.1, -0.05) is 6.92 Å². The number of carbonyl (C=O) groups is 1. The lowest BCUT2D eigenvalue weighted by atomic mass is 10.3. The third-order valence-corrected chi connectivity index (χ3v) is 4.34. The average Bonchev–Trinajstić information content (AvgIpc) is 2.31. The molecule has 6 nitrogen and oxygen atoms in total. The minimum Gasteiger partial charge on any atom is -0.477 e. The topological polar surface area (TPSA) is 93.4 Å². The summed E-state index contributed by atoms with van der Waals surface area (Å²) in [6, 6.07) is 2.68. The van der Waals surface area contributed by atoms with E-state index in [0.29, 0.717) is 6.42 Å². The average molecular weight is 273 g/mol. The summed E-state index contributed by atoms with van der Waals surface area (Å²) in [4.78, 5) is 22.4.